The standard InChI is InChI=1S/C20H17F3N2O5S/c1-12-18(13-6-8-16(30-2)9-7-13)31(28,29)25(19(12)27)11-17(26)24-15-5-3-4-14(10-15)20(21,22)23/h3-10H,11H2,1-2H3,(H,24,26). The van der Waals surface area contributed by atoms with E-state index >= 15 is 0 Å². The van der Waals surface area contributed by atoms with E-state index in [-0.39, 0.29) is 21.7 Å². The molecule has 2 amide bonds. The smallest absolute Gasteiger partial charge is 0.416 e. The van der Waals surface area contributed by atoms with Crippen LogP contribution in [-0.2, 0) is 25.8 Å². The molecule has 7 nitrogen and oxygen atoms in total. The topological polar surface area (TPSA) is 92.8 Å². The minimum Gasteiger partial charge on any atom is -0.497 e. The molecule has 0 saturated carbocycles. The van der Waals surface area contributed by atoms with E-state index in [1.54, 1.807) is 0 Å². The van der Waals surface area contributed by atoms with Crippen molar-refractivity contribution >= 4 is 32.4 Å². The van der Waals surface area contributed by atoms with E-state index in [4.69, 9.17) is 4.74 Å². The van der Waals surface area contributed by atoms with Crippen LogP contribution >= 0.6 is 0 Å². The van der Waals surface area contributed by atoms with Crippen molar-refractivity contribution in [3.63, 3.8) is 0 Å². The van der Waals surface area contributed by atoms with Crippen LogP contribution < -0.4 is 10.1 Å². The van der Waals surface area contributed by atoms with Crippen LogP contribution in [-0.4, -0.2) is 38.2 Å². The molecule has 11 heteroatoms. The maximum Gasteiger partial charge on any atom is 0.416 e. The van der Waals surface area contributed by atoms with E-state index in [0.717, 1.165) is 12.1 Å². The third-order valence-corrected chi connectivity index (χ3v) is 6.48. The lowest BCUT2D eigenvalue weighted by Gasteiger charge is -2.17. The quantitative estimate of drug-likeness (QED) is 0.749. The molecular weight excluding hydrogens is 437 g/mol. The van der Waals surface area contributed by atoms with Crippen molar-refractivity contribution < 1.29 is 35.9 Å². The second-order valence-electron chi connectivity index (χ2n) is 6.63. The third kappa shape index (κ3) is 4.41. The Kier molecular flexibility index (Phi) is 5.81. The molecule has 0 aromatic heterocycles. The molecule has 0 spiro atoms. The first-order valence-corrected chi connectivity index (χ1v) is 10.3. The summed E-state index contributed by atoms with van der Waals surface area (Å²) in [6.07, 6.45) is -4.61. The molecule has 2 aromatic carbocycles. The number of nitrogens with one attached hydrogen (secondary N) is 1. The number of nitrogens with zero attached hydrogens (tertiary/aromatic N) is 1. The first kappa shape index (κ1) is 22.3. The summed E-state index contributed by atoms with van der Waals surface area (Å²) in [7, 11) is -2.89. The number of carbonyl (C=O) groups is 2. The molecule has 2 aromatic rings. The van der Waals surface area contributed by atoms with Gasteiger partial charge in [-0.15, -0.1) is 0 Å². The molecule has 1 N–H and O–H groups in total. The predicted octanol–water partition coefficient (Wildman–Crippen LogP) is 3.26. The highest BCUT2D eigenvalue weighted by Crippen LogP contribution is 2.36. The van der Waals surface area contributed by atoms with Crippen LogP contribution in [0.25, 0.3) is 4.91 Å². The number of rotatable bonds is 5. The number of ether oxygens (including phenoxy) is 1. The van der Waals surface area contributed by atoms with Crippen molar-refractivity contribution in [2.24, 2.45) is 0 Å². The van der Waals surface area contributed by atoms with E-state index in [1.807, 2.05) is 0 Å². The van der Waals surface area contributed by atoms with Gasteiger partial charge < -0.3 is 10.1 Å². The molecule has 164 valence electrons. The lowest BCUT2D eigenvalue weighted by molar-refractivity contribution is -0.137. The first-order chi connectivity index (χ1) is 14.4. The van der Waals surface area contributed by atoms with Crippen LogP contribution in [0.5, 0.6) is 5.75 Å². The van der Waals surface area contributed by atoms with E-state index in [1.165, 1.54) is 44.4 Å². The Labute approximate surface area is 176 Å². The normalized spacial score (nSPS) is 15.9. The molecule has 0 aliphatic carbocycles. The SMILES string of the molecule is COc1ccc(C2=C(C)C(=O)N(CC(=O)Nc3cccc(C(F)(F)F)c3)S2(=O)=O)cc1. The number of alkyl halides is 3. The molecule has 3 rings (SSSR count). The summed E-state index contributed by atoms with van der Waals surface area (Å²) in [5.74, 6) is -1.36. The van der Waals surface area contributed by atoms with Gasteiger partial charge in [0.1, 0.15) is 17.2 Å². The molecule has 1 heterocycles. The zero-order chi connectivity index (χ0) is 23.0. The van der Waals surface area contributed by atoms with Gasteiger partial charge in [-0.2, -0.15) is 13.2 Å². The van der Waals surface area contributed by atoms with E-state index < -0.39 is 40.1 Å². The van der Waals surface area contributed by atoms with Crippen molar-refractivity contribution in [3.05, 3.63) is 65.2 Å². The summed E-state index contributed by atoms with van der Waals surface area (Å²) >= 11 is 0. The summed E-state index contributed by atoms with van der Waals surface area (Å²) in [5, 5.41) is 2.19. The van der Waals surface area contributed by atoms with Gasteiger partial charge in [0.2, 0.25) is 5.91 Å². The highest BCUT2D eigenvalue weighted by atomic mass is 32.2. The number of halogens is 3. The fourth-order valence-electron chi connectivity index (χ4n) is 3.07. The number of sulfonamides is 1. The van der Waals surface area contributed by atoms with Gasteiger partial charge in [-0.25, -0.2) is 12.7 Å². The summed E-state index contributed by atoms with van der Waals surface area (Å²) in [5.41, 5.74) is -0.983. The summed E-state index contributed by atoms with van der Waals surface area (Å²) in [6.45, 7) is 0.443. The number of methoxy groups -OCH3 is 1. The van der Waals surface area contributed by atoms with Crippen molar-refractivity contribution in [2.75, 3.05) is 19.0 Å². The van der Waals surface area contributed by atoms with Gasteiger partial charge in [0.25, 0.3) is 15.9 Å². The fraction of sp³-hybridized carbons (Fsp3) is 0.200. The summed E-state index contributed by atoms with van der Waals surface area (Å²) < 4.78 is 69.7. The fourth-order valence-corrected chi connectivity index (χ4v) is 4.84. The number of carbonyl (C=O) groups excluding carboxylic acids is 2. The van der Waals surface area contributed by atoms with Crippen LogP contribution in [0.15, 0.2) is 54.1 Å². The Morgan fingerprint density at radius 2 is 1.77 bits per heavy atom. The van der Waals surface area contributed by atoms with Crippen LogP contribution in [0, 0.1) is 0 Å². The van der Waals surface area contributed by atoms with Gasteiger partial charge in [0.05, 0.1) is 12.7 Å². The molecule has 0 radical (unpaired) electrons. The second-order valence-corrected chi connectivity index (χ2v) is 8.43. The van der Waals surface area contributed by atoms with Crippen molar-refractivity contribution in [1.82, 2.24) is 4.31 Å². The maximum absolute atomic E-state index is 12.9. The largest absolute Gasteiger partial charge is 0.497 e. The lowest BCUT2D eigenvalue weighted by Crippen LogP contribution is -2.38. The minimum absolute atomic E-state index is 0.0722. The molecule has 0 saturated heterocycles. The van der Waals surface area contributed by atoms with Crippen LogP contribution in [0.2, 0.25) is 0 Å². The van der Waals surface area contributed by atoms with Crippen LogP contribution in [0.3, 0.4) is 0 Å². The predicted molar refractivity (Wildman–Crippen MR) is 106 cm³/mol. The second kappa shape index (κ2) is 8.06. The van der Waals surface area contributed by atoms with E-state index in [2.05, 4.69) is 5.32 Å². The number of benzene rings is 2. The van der Waals surface area contributed by atoms with E-state index in [9.17, 15) is 31.2 Å². The Balaban J connectivity index is 1.81. The van der Waals surface area contributed by atoms with Crippen molar-refractivity contribution in [1.29, 1.82) is 0 Å². The van der Waals surface area contributed by atoms with Gasteiger partial charge in [-0.05, 0) is 55.0 Å². The van der Waals surface area contributed by atoms with Gasteiger partial charge >= 0.3 is 6.18 Å². The highest BCUT2D eigenvalue weighted by molar-refractivity contribution is 7.99. The number of hydrogen-bond acceptors (Lipinski definition) is 5. The highest BCUT2D eigenvalue weighted by Gasteiger charge is 2.43. The van der Waals surface area contributed by atoms with Crippen molar-refractivity contribution in [2.45, 2.75) is 13.1 Å². The Bertz CT molecular complexity index is 1170. The molecule has 1 aliphatic rings. The molecule has 0 bridgehead atoms. The maximum atomic E-state index is 12.9. The first-order valence-electron chi connectivity index (χ1n) is 8.84. The van der Waals surface area contributed by atoms with Gasteiger partial charge in [-0.1, -0.05) is 6.07 Å². The molecular formula is C20H17F3N2O5S. The average Bonchev–Trinajstić information content (AvgIpc) is 2.87. The van der Waals surface area contributed by atoms with Crippen molar-refractivity contribution in [3.8, 4) is 5.75 Å². The number of amides is 2. The monoisotopic (exact) mass is 454 g/mol. The van der Waals surface area contributed by atoms with Crippen LogP contribution in [0.4, 0.5) is 18.9 Å². The molecule has 0 unspecified atom stereocenters. The molecule has 0 fully saturated rings. The van der Waals surface area contributed by atoms with E-state index in [0.29, 0.717) is 16.1 Å². The van der Waals surface area contributed by atoms with Gasteiger partial charge in [-0.3, -0.25) is 9.59 Å². The average molecular weight is 454 g/mol. The van der Waals surface area contributed by atoms with Gasteiger partial charge in [0.15, 0.2) is 0 Å². The lowest BCUT2D eigenvalue weighted by atomic mass is 10.1. The third-order valence-electron chi connectivity index (χ3n) is 4.55. The molecule has 1 aliphatic heterocycles. The zero-order valence-corrected chi connectivity index (χ0v) is 17.2. The summed E-state index contributed by atoms with van der Waals surface area (Å²) in [6, 6.07) is 9.85. The molecule has 0 atom stereocenters. The Morgan fingerprint density at radius 1 is 1.13 bits per heavy atom. The number of hydrogen-bond donors (Lipinski definition) is 1. The van der Waals surface area contributed by atoms with Crippen LogP contribution in [0.1, 0.15) is 18.1 Å². The number of anilines is 1. The molecule has 31 heavy (non-hydrogen) atoms. The zero-order valence-electron chi connectivity index (χ0n) is 16.4. The Hall–Kier alpha value is -3.34. The minimum atomic E-state index is -4.61. The van der Waals surface area contributed by atoms with Gasteiger partial charge in [0, 0.05) is 11.3 Å². The Morgan fingerprint density at radius 3 is 2.35 bits per heavy atom. The summed E-state index contributed by atoms with van der Waals surface area (Å²) in [4.78, 5) is 24.6.